The monoisotopic (exact) mass is 375 g/mol. The van der Waals surface area contributed by atoms with Gasteiger partial charge in [0.2, 0.25) is 0 Å². The molecule has 1 N–H and O–H groups in total. The molecule has 0 fully saturated rings. The quantitative estimate of drug-likeness (QED) is 0.518. The van der Waals surface area contributed by atoms with Gasteiger partial charge in [-0.25, -0.2) is 9.97 Å². The van der Waals surface area contributed by atoms with Gasteiger partial charge in [-0.2, -0.15) is 0 Å². The van der Waals surface area contributed by atoms with Gasteiger partial charge >= 0.3 is 0 Å². The summed E-state index contributed by atoms with van der Waals surface area (Å²) in [5.74, 6) is 1.61. The maximum atomic E-state index is 6.35. The number of unbranched alkanes of at least 4 members (excludes halogenated alkanes) is 2. The summed E-state index contributed by atoms with van der Waals surface area (Å²) in [4.78, 5) is 8.46. The minimum Gasteiger partial charge on any atom is -0.491 e. The number of anilines is 1. The van der Waals surface area contributed by atoms with Crippen LogP contribution in [0.1, 0.15) is 56.4 Å². The Balaban J connectivity index is 1.82. The zero-order chi connectivity index (χ0) is 18.8. The number of hydrogen-bond acceptors (Lipinski definition) is 4. The van der Waals surface area contributed by atoms with E-state index in [0.717, 1.165) is 30.7 Å². The molecule has 142 valence electrons. The molecule has 1 aromatic heterocycles. The molecule has 2 aromatic rings. The Morgan fingerprint density at radius 1 is 1.08 bits per heavy atom. The Morgan fingerprint density at radius 2 is 1.92 bits per heavy atom. The highest BCUT2D eigenvalue weighted by Gasteiger charge is 2.08. The molecule has 0 amide bonds. The smallest absolute Gasteiger partial charge is 0.148 e. The first-order chi connectivity index (χ1) is 12.7. The summed E-state index contributed by atoms with van der Waals surface area (Å²) in [6, 6.07) is 6.48. The van der Waals surface area contributed by atoms with Crippen molar-refractivity contribution in [3.8, 4) is 5.75 Å². The highest BCUT2D eigenvalue weighted by Crippen LogP contribution is 2.23. The van der Waals surface area contributed by atoms with E-state index in [9.17, 15) is 0 Å². The van der Waals surface area contributed by atoms with E-state index in [1.807, 2.05) is 0 Å². The second-order valence-corrected chi connectivity index (χ2v) is 6.94. The van der Waals surface area contributed by atoms with E-state index in [4.69, 9.17) is 16.3 Å². The van der Waals surface area contributed by atoms with Crippen LogP contribution in [0.3, 0.4) is 0 Å². The van der Waals surface area contributed by atoms with Crippen LogP contribution in [0.5, 0.6) is 5.75 Å². The summed E-state index contributed by atoms with van der Waals surface area (Å²) in [7, 11) is 0. The molecular weight excluding hydrogens is 346 g/mol. The van der Waals surface area contributed by atoms with Gasteiger partial charge < -0.3 is 10.1 Å². The van der Waals surface area contributed by atoms with Gasteiger partial charge in [0.05, 0.1) is 12.2 Å². The molecule has 0 aliphatic carbocycles. The lowest BCUT2D eigenvalue weighted by molar-refractivity contribution is 0.330. The number of rotatable bonds is 11. The van der Waals surface area contributed by atoms with Gasteiger partial charge in [0.25, 0.3) is 0 Å². The van der Waals surface area contributed by atoms with Gasteiger partial charge in [-0.1, -0.05) is 56.8 Å². The van der Waals surface area contributed by atoms with Crippen molar-refractivity contribution in [1.29, 1.82) is 0 Å². The molecule has 0 spiro atoms. The number of nitrogens with one attached hydrogen (secondary N) is 1. The van der Waals surface area contributed by atoms with Gasteiger partial charge in [-0.15, -0.1) is 0 Å². The predicted molar refractivity (Wildman–Crippen MR) is 109 cm³/mol. The van der Waals surface area contributed by atoms with E-state index < -0.39 is 0 Å². The Hall–Kier alpha value is -1.81. The first kappa shape index (κ1) is 20.5. The van der Waals surface area contributed by atoms with Gasteiger partial charge in [-0.05, 0) is 43.4 Å². The van der Waals surface area contributed by atoms with Crippen molar-refractivity contribution in [2.75, 3.05) is 18.5 Å². The van der Waals surface area contributed by atoms with E-state index in [-0.39, 0.29) is 0 Å². The molecule has 0 saturated carbocycles. The van der Waals surface area contributed by atoms with Crippen LogP contribution in [-0.2, 0) is 12.8 Å². The summed E-state index contributed by atoms with van der Waals surface area (Å²) in [5, 5.41) is 3.85. The lowest BCUT2D eigenvalue weighted by atomic mass is 10.0. The number of ether oxygens (including phenoxy) is 1. The first-order valence-corrected chi connectivity index (χ1v) is 9.99. The number of aryl methyl sites for hydroxylation is 3. The number of aromatic nitrogens is 2. The van der Waals surface area contributed by atoms with Gasteiger partial charge in [0.15, 0.2) is 0 Å². The normalized spacial score (nSPS) is 10.8. The number of hydrogen-bond donors (Lipinski definition) is 1. The largest absolute Gasteiger partial charge is 0.491 e. The molecule has 0 aliphatic heterocycles. The molecule has 26 heavy (non-hydrogen) atoms. The van der Waals surface area contributed by atoms with Crippen molar-refractivity contribution in [1.82, 2.24) is 9.97 Å². The fraction of sp³-hybridized carbons (Fsp3) is 0.524. The average molecular weight is 376 g/mol. The minimum atomic E-state index is 0.555. The van der Waals surface area contributed by atoms with Crippen LogP contribution >= 0.6 is 11.6 Å². The van der Waals surface area contributed by atoms with Crippen molar-refractivity contribution in [3.63, 3.8) is 0 Å². The second-order valence-electron chi connectivity index (χ2n) is 6.57. The van der Waals surface area contributed by atoms with Crippen molar-refractivity contribution < 1.29 is 4.74 Å². The molecule has 1 heterocycles. The van der Waals surface area contributed by atoms with Crippen LogP contribution in [0.15, 0.2) is 24.5 Å². The number of benzene rings is 1. The Bertz CT molecular complexity index is 691. The fourth-order valence-electron chi connectivity index (χ4n) is 2.88. The Kier molecular flexibility index (Phi) is 8.69. The maximum absolute atomic E-state index is 6.35. The van der Waals surface area contributed by atoms with Crippen molar-refractivity contribution >= 4 is 17.4 Å². The highest BCUT2D eigenvalue weighted by molar-refractivity contribution is 6.33. The summed E-state index contributed by atoms with van der Waals surface area (Å²) >= 11 is 6.35. The third-order valence-electron chi connectivity index (χ3n) is 4.31. The lowest BCUT2D eigenvalue weighted by Crippen LogP contribution is -2.13. The molecule has 2 rings (SSSR count). The fourth-order valence-corrected chi connectivity index (χ4v) is 3.14. The molecule has 0 bridgehead atoms. The van der Waals surface area contributed by atoms with E-state index >= 15 is 0 Å². The SMILES string of the molecule is CCCCCc1ccc(OCCNc2ncnc(CCC)c2Cl)c(C)c1. The molecule has 1 aromatic carbocycles. The zero-order valence-electron chi connectivity index (χ0n) is 16.1. The van der Waals surface area contributed by atoms with E-state index in [1.165, 1.54) is 30.4 Å². The van der Waals surface area contributed by atoms with Gasteiger partial charge in [-0.3, -0.25) is 0 Å². The van der Waals surface area contributed by atoms with Crippen LogP contribution in [0.4, 0.5) is 5.82 Å². The second kappa shape index (κ2) is 11.0. The van der Waals surface area contributed by atoms with Crippen LogP contribution in [-0.4, -0.2) is 23.1 Å². The van der Waals surface area contributed by atoms with E-state index in [2.05, 4.69) is 54.3 Å². The summed E-state index contributed by atoms with van der Waals surface area (Å²) in [5.41, 5.74) is 3.46. The first-order valence-electron chi connectivity index (χ1n) is 9.61. The van der Waals surface area contributed by atoms with Crippen LogP contribution in [0, 0.1) is 6.92 Å². The summed E-state index contributed by atoms with van der Waals surface area (Å²) in [6.45, 7) is 7.64. The predicted octanol–water partition coefficient (Wildman–Crippen LogP) is 5.61. The molecule has 0 saturated heterocycles. The van der Waals surface area contributed by atoms with E-state index in [1.54, 1.807) is 6.33 Å². The highest BCUT2D eigenvalue weighted by atomic mass is 35.5. The molecule has 0 radical (unpaired) electrons. The standard InChI is InChI=1S/C21H30ClN3O/c1-4-6-7-9-17-10-11-19(16(3)14-17)26-13-12-23-21-20(22)18(8-5-2)24-15-25-21/h10-11,14-15H,4-9,12-13H2,1-3H3,(H,23,24,25). The van der Waals surface area contributed by atoms with Gasteiger partial charge in [0, 0.05) is 0 Å². The van der Waals surface area contributed by atoms with Crippen molar-refractivity contribution in [3.05, 3.63) is 46.4 Å². The average Bonchev–Trinajstić information content (AvgIpc) is 2.63. The summed E-state index contributed by atoms with van der Waals surface area (Å²) < 4.78 is 5.91. The van der Waals surface area contributed by atoms with Crippen LogP contribution < -0.4 is 10.1 Å². The third-order valence-corrected chi connectivity index (χ3v) is 4.71. The number of nitrogens with zero attached hydrogens (tertiary/aromatic N) is 2. The third kappa shape index (κ3) is 6.17. The van der Waals surface area contributed by atoms with Crippen LogP contribution in [0.2, 0.25) is 5.02 Å². The van der Waals surface area contributed by atoms with Crippen LogP contribution in [0.25, 0.3) is 0 Å². The number of halogens is 1. The Labute approximate surface area is 162 Å². The molecule has 0 unspecified atom stereocenters. The molecule has 0 atom stereocenters. The molecule has 0 aliphatic rings. The van der Waals surface area contributed by atoms with Crippen molar-refractivity contribution in [2.45, 2.75) is 59.3 Å². The summed E-state index contributed by atoms with van der Waals surface area (Å²) in [6.07, 6.45) is 8.35. The zero-order valence-corrected chi connectivity index (χ0v) is 16.9. The lowest BCUT2D eigenvalue weighted by Gasteiger charge is -2.13. The molecule has 4 nitrogen and oxygen atoms in total. The van der Waals surface area contributed by atoms with Gasteiger partial charge in [0.1, 0.15) is 29.5 Å². The molecular formula is C21H30ClN3O. The Morgan fingerprint density at radius 3 is 2.65 bits per heavy atom. The van der Waals surface area contributed by atoms with Crippen molar-refractivity contribution in [2.24, 2.45) is 0 Å². The molecule has 5 heteroatoms. The topological polar surface area (TPSA) is 47.0 Å². The minimum absolute atomic E-state index is 0.555. The maximum Gasteiger partial charge on any atom is 0.148 e. The van der Waals surface area contributed by atoms with E-state index in [0.29, 0.717) is 24.0 Å².